The molecular weight excluding hydrogens is 301 g/mol. The molecule has 1 N–H and O–H groups in total. The molecule has 0 heterocycles. The van der Waals surface area contributed by atoms with Gasteiger partial charge in [-0.05, 0) is 43.0 Å². The zero-order valence-electron chi connectivity index (χ0n) is 13.2. The van der Waals surface area contributed by atoms with Crippen LogP contribution < -0.4 is 5.32 Å². The molecule has 0 amide bonds. The molecule has 1 saturated carbocycles. The van der Waals surface area contributed by atoms with E-state index in [2.05, 4.69) is 25.2 Å². The molecule has 21 heavy (non-hydrogen) atoms. The third-order valence-corrected chi connectivity index (χ3v) is 5.13. The van der Waals surface area contributed by atoms with Gasteiger partial charge in [-0.15, -0.1) is 0 Å². The first-order valence-corrected chi connectivity index (χ1v) is 8.95. The molecule has 1 aliphatic carbocycles. The van der Waals surface area contributed by atoms with E-state index in [1.165, 1.54) is 44.1 Å². The summed E-state index contributed by atoms with van der Waals surface area (Å²) in [7, 11) is 0. The molecule has 1 fully saturated rings. The summed E-state index contributed by atoms with van der Waals surface area (Å²) < 4.78 is 0. The van der Waals surface area contributed by atoms with Crippen molar-refractivity contribution in [1.82, 2.24) is 5.32 Å². The zero-order chi connectivity index (χ0) is 15.3. The normalized spacial score (nSPS) is 18.7. The molecule has 0 radical (unpaired) electrons. The minimum atomic E-state index is 0.174. The van der Waals surface area contributed by atoms with Gasteiger partial charge >= 0.3 is 0 Å². The molecular formula is C18H27Cl2N. The maximum absolute atomic E-state index is 6.53. The van der Waals surface area contributed by atoms with E-state index in [0.29, 0.717) is 5.92 Å². The summed E-state index contributed by atoms with van der Waals surface area (Å²) in [4.78, 5) is 0. The molecule has 1 aliphatic rings. The Kier molecular flexibility index (Phi) is 6.40. The third-order valence-electron chi connectivity index (χ3n) is 4.58. The van der Waals surface area contributed by atoms with E-state index in [0.717, 1.165) is 23.1 Å². The second kappa shape index (κ2) is 7.85. The number of benzene rings is 1. The zero-order valence-corrected chi connectivity index (χ0v) is 14.7. The molecule has 1 nitrogen and oxygen atoms in total. The maximum atomic E-state index is 6.53. The number of hydrogen-bond acceptors (Lipinski definition) is 1. The van der Waals surface area contributed by atoms with Crippen LogP contribution in [-0.2, 0) is 5.41 Å². The van der Waals surface area contributed by atoms with Crippen molar-refractivity contribution in [3.63, 3.8) is 0 Å². The monoisotopic (exact) mass is 327 g/mol. The first kappa shape index (κ1) is 17.1. The fraction of sp³-hybridized carbons (Fsp3) is 0.667. The van der Waals surface area contributed by atoms with Gasteiger partial charge < -0.3 is 5.32 Å². The van der Waals surface area contributed by atoms with Gasteiger partial charge in [0.2, 0.25) is 0 Å². The van der Waals surface area contributed by atoms with E-state index in [-0.39, 0.29) is 5.41 Å². The van der Waals surface area contributed by atoms with Crippen LogP contribution in [0.3, 0.4) is 0 Å². The minimum Gasteiger partial charge on any atom is -0.316 e. The summed E-state index contributed by atoms with van der Waals surface area (Å²) in [6.45, 7) is 6.59. The van der Waals surface area contributed by atoms with Crippen molar-refractivity contribution in [2.45, 2.75) is 57.8 Å². The predicted octanol–water partition coefficient (Wildman–Crippen LogP) is 5.83. The molecule has 0 bridgehead atoms. The van der Waals surface area contributed by atoms with Gasteiger partial charge in [-0.3, -0.25) is 0 Å². The van der Waals surface area contributed by atoms with Crippen LogP contribution in [-0.4, -0.2) is 13.1 Å². The van der Waals surface area contributed by atoms with Gasteiger partial charge in [-0.1, -0.05) is 68.8 Å². The first-order valence-electron chi connectivity index (χ1n) is 8.20. The number of halogens is 2. The lowest BCUT2D eigenvalue weighted by Crippen LogP contribution is -2.39. The molecule has 1 aromatic rings. The Bertz CT molecular complexity index is 449. The Morgan fingerprint density at radius 1 is 1.10 bits per heavy atom. The number of rotatable bonds is 5. The average molecular weight is 328 g/mol. The third kappa shape index (κ3) is 4.61. The van der Waals surface area contributed by atoms with Crippen LogP contribution in [0.5, 0.6) is 0 Å². The quantitative estimate of drug-likeness (QED) is 0.670. The Hall–Kier alpha value is -0.240. The van der Waals surface area contributed by atoms with Gasteiger partial charge in [-0.2, -0.15) is 0 Å². The molecule has 0 unspecified atom stereocenters. The molecule has 0 aromatic heterocycles. The SMILES string of the molecule is CC(C)CNCC1(c2ccc(Cl)cc2Cl)CCCCCC1. The second-order valence-corrected chi connectivity index (χ2v) is 7.69. The lowest BCUT2D eigenvalue weighted by Gasteiger charge is -2.35. The van der Waals surface area contributed by atoms with Crippen LogP contribution in [0.1, 0.15) is 57.9 Å². The topological polar surface area (TPSA) is 12.0 Å². The maximum Gasteiger partial charge on any atom is 0.0458 e. The molecule has 2 rings (SSSR count). The van der Waals surface area contributed by atoms with E-state index in [1.807, 2.05) is 12.1 Å². The summed E-state index contributed by atoms with van der Waals surface area (Å²) >= 11 is 12.6. The van der Waals surface area contributed by atoms with E-state index in [9.17, 15) is 0 Å². The molecule has 118 valence electrons. The van der Waals surface area contributed by atoms with Crippen molar-refractivity contribution in [3.8, 4) is 0 Å². The van der Waals surface area contributed by atoms with Crippen molar-refractivity contribution in [2.75, 3.05) is 13.1 Å². The second-order valence-electron chi connectivity index (χ2n) is 6.84. The molecule has 0 spiro atoms. The van der Waals surface area contributed by atoms with Gasteiger partial charge in [0.1, 0.15) is 0 Å². The largest absolute Gasteiger partial charge is 0.316 e. The van der Waals surface area contributed by atoms with Crippen LogP contribution >= 0.6 is 23.2 Å². The van der Waals surface area contributed by atoms with E-state index >= 15 is 0 Å². The Morgan fingerprint density at radius 3 is 2.33 bits per heavy atom. The molecule has 3 heteroatoms. The molecule has 0 atom stereocenters. The predicted molar refractivity (Wildman–Crippen MR) is 93.5 cm³/mol. The van der Waals surface area contributed by atoms with Crippen molar-refractivity contribution >= 4 is 23.2 Å². The van der Waals surface area contributed by atoms with Crippen molar-refractivity contribution < 1.29 is 0 Å². The number of hydrogen-bond donors (Lipinski definition) is 1. The summed E-state index contributed by atoms with van der Waals surface area (Å²) in [6.07, 6.45) is 7.72. The molecule has 0 saturated heterocycles. The average Bonchev–Trinajstić information content (AvgIpc) is 2.64. The highest BCUT2D eigenvalue weighted by Crippen LogP contribution is 2.41. The van der Waals surface area contributed by atoms with Crippen LogP contribution in [0.15, 0.2) is 18.2 Å². The van der Waals surface area contributed by atoms with Crippen molar-refractivity contribution in [3.05, 3.63) is 33.8 Å². The Balaban J connectivity index is 2.25. The van der Waals surface area contributed by atoms with Crippen molar-refractivity contribution in [2.24, 2.45) is 5.92 Å². The summed E-state index contributed by atoms with van der Waals surface area (Å²) in [5.74, 6) is 0.675. The highest BCUT2D eigenvalue weighted by atomic mass is 35.5. The van der Waals surface area contributed by atoms with E-state index in [4.69, 9.17) is 23.2 Å². The van der Waals surface area contributed by atoms with E-state index in [1.54, 1.807) is 0 Å². The van der Waals surface area contributed by atoms with Crippen molar-refractivity contribution in [1.29, 1.82) is 0 Å². The fourth-order valence-corrected chi connectivity index (χ4v) is 4.08. The minimum absolute atomic E-state index is 0.174. The summed E-state index contributed by atoms with van der Waals surface area (Å²) in [5.41, 5.74) is 1.46. The first-order chi connectivity index (χ1) is 10.0. The number of nitrogens with one attached hydrogen (secondary N) is 1. The van der Waals surface area contributed by atoms with Gasteiger partial charge in [-0.25, -0.2) is 0 Å². The Labute approximate surface area is 139 Å². The lowest BCUT2D eigenvalue weighted by atomic mass is 9.74. The van der Waals surface area contributed by atoms with Gasteiger partial charge in [0.15, 0.2) is 0 Å². The highest BCUT2D eigenvalue weighted by Gasteiger charge is 2.34. The molecule has 1 aromatic carbocycles. The fourth-order valence-electron chi connectivity index (χ4n) is 3.47. The van der Waals surface area contributed by atoms with Crippen LogP contribution in [0.4, 0.5) is 0 Å². The van der Waals surface area contributed by atoms with Gasteiger partial charge in [0.05, 0.1) is 0 Å². The van der Waals surface area contributed by atoms with Gasteiger partial charge in [0.25, 0.3) is 0 Å². The smallest absolute Gasteiger partial charge is 0.0458 e. The standard InChI is InChI=1S/C18H27Cl2N/c1-14(2)12-21-13-18(9-5-3-4-6-10-18)16-8-7-15(19)11-17(16)20/h7-8,11,14,21H,3-6,9-10,12-13H2,1-2H3. The summed E-state index contributed by atoms with van der Waals surface area (Å²) in [6, 6.07) is 6.03. The summed E-state index contributed by atoms with van der Waals surface area (Å²) in [5, 5.41) is 5.23. The van der Waals surface area contributed by atoms with Crippen LogP contribution in [0, 0.1) is 5.92 Å². The van der Waals surface area contributed by atoms with Crippen LogP contribution in [0.2, 0.25) is 10.0 Å². The van der Waals surface area contributed by atoms with Gasteiger partial charge in [0, 0.05) is 22.0 Å². The molecule has 0 aliphatic heterocycles. The lowest BCUT2D eigenvalue weighted by molar-refractivity contribution is 0.340. The van der Waals surface area contributed by atoms with Crippen LogP contribution in [0.25, 0.3) is 0 Å². The van der Waals surface area contributed by atoms with E-state index < -0.39 is 0 Å². The highest BCUT2D eigenvalue weighted by molar-refractivity contribution is 6.35. The Morgan fingerprint density at radius 2 is 1.76 bits per heavy atom.